The van der Waals surface area contributed by atoms with Gasteiger partial charge in [0.05, 0.1) is 0 Å². The lowest BCUT2D eigenvalue weighted by Gasteiger charge is -2.15. The van der Waals surface area contributed by atoms with Crippen LogP contribution >= 0.6 is 12.4 Å². The van der Waals surface area contributed by atoms with E-state index in [0.717, 1.165) is 11.1 Å². The van der Waals surface area contributed by atoms with E-state index < -0.39 is 6.36 Å². The summed E-state index contributed by atoms with van der Waals surface area (Å²) in [4.78, 5) is 0. The Morgan fingerprint density at radius 1 is 0.821 bits per heavy atom. The first kappa shape index (κ1) is 21.6. The van der Waals surface area contributed by atoms with Crippen molar-refractivity contribution in [1.29, 1.82) is 0 Å². The quantitative estimate of drug-likeness (QED) is 0.567. The molecular formula is C21H19ClF3NO2. The van der Waals surface area contributed by atoms with Crippen molar-refractivity contribution < 1.29 is 22.6 Å². The van der Waals surface area contributed by atoms with Crippen LogP contribution in [0, 0.1) is 0 Å². The largest absolute Gasteiger partial charge is 0.573 e. The van der Waals surface area contributed by atoms with E-state index >= 15 is 0 Å². The summed E-state index contributed by atoms with van der Waals surface area (Å²) in [6.45, 7) is 0.666. The number of hydrogen-bond acceptors (Lipinski definition) is 3. The Bertz CT molecular complexity index is 902. The van der Waals surface area contributed by atoms with E-state index in [4.69, 9.17) is 10.5 Å². The molecule has 0 aliphatic rings. The number of rotatable bonds is 6. The molecule has 28 heavy (non-hydrogen) atoms. The van der Waals surface area contributed by atoms with Crippen LogP contribution in [0.4, 0.5) is 13.2 Å². The van der Waals surface area contributed by atoms with Gasteiger partial charge in [-0.1, -0.05) is 54.6 Å². The second kappa shape index (κ2) is 9.48. The fourth-order valence-corrected chi connectivity index (χ4v) is 2.65. The standard InChI is InChI=1S/C21H18F3NO2.ClH/c22-21(23,24)27-18-8-4-7-17(12-18)19-10-9-16(13-25)11-20(19)26-14-15-5-2-1-3-6-15;/h1-12H,13-14,25H2;1H. The number of nitrogens with two attached hydrogens (primary N) is 1. The number of benzene rings is 3. The molecular weight excluding hydrogens is 391 g/mol. The van der Waals surface area contributed by atoms with Crippen LogP contribution in [0.2, 0.25) is 0 Å². The topological polar surface area (TPSA) is 44.5 Å². The second-order valence-electron chi connectivity index (χ2n) is 5.88. The van der Waals surface area contributed by atoms with E-state index in [1.54, 1.807) is 18.2 Å². The Kier molecular flexibility index (Phi) is 7.31. The third kappa shape index (κ3) is 5.90. The fourth-order valence-electron chi connectivity index (χ4n) is 2.65. The number of halogens is 4. The average Bonchev–Trinajstić information content (AvgIpc) is 2.66. The molecule has 148 valence electrons. The molecule has 0 aliphatic heterocycles. The highest BCUT2D eigenvalue weighted by molar-refractivity contribution is 5.85. The molecule has 0 radical (unpaired) electrons. The number of ether oxygens (including phenoxy) is 2. The second-order valence-corrected chi connectivity index (χ2v) is 5.88. The zero-order valence-electron chi connectivity index (χ0n) is 14.8. The average molecular weight is 410 g/mol. The summed E-state index contributed by atoms with van der Waals surface area (Å²) in [6, 6.07) is 20.8. The zero-order chi connectivity index (χ0) is 19.3. The third-order valence-corrected chi connectivity index (χ3v) is 3.90. The molecule has 3 aromatic carbocycles. The summed E-state index contributed by atoms with van der Waals surface area (Å²) in [5.74, 6) is 0.267. The Morgan fingerprint density at radius 3 is 2.25 bits per heavy atom. The maximum absolute atomic E-state index is 12.5. The van der Waals surface area contributed by atoms with E-state index in [9.17, 15) is 13.2 Å². The predicted molar refractivity (Wildman–Crippen MR) is 104 cm³/mol. The van der Waals surface area contributed by atoms with E-state index in [1.807, 2.05) is 36.4 Å². The molecule has 0 heterocycles. The first-order valence-electron chi connectivity index (χ1n) is 8.30. The first-order valence-corrected chi connectivity index (χ1v) is 8.30. The summed E-state index contributed by atoms with van der Waals surface area (Å²) in [7, 11) is 0. The van der Waals surface area contributed by atoms with Gasteiger partial charge in [-0.2, -0.15) is 0 Å². The maximum Gasteiger partial charge on any atom is 0.573 e. The molecule has 0 amide bonds. The molecule has 7 heteroatoms. The minimum absolute atomic E-state index is 0. The highest BCUT2D eigenvalue weighted by Crippen LogP contribution is 2.34. The molecule has 2 N–H and O–H groups in total. The van der Waals surface area contributed by atoms with Gasteiger partial charge in [0.1, 0.15) is 18.1 Å². The van der Waals surface area contributed by atoms with Gasteiger partial charge in [-0.3, -0.25) is 0 Å². The minimum Gasteiger partial charge on any atom is -0.488 e. The van der Waals surface area contributed by atoms with E-state index in [1.165, 1.54) is 18.2 Å². The molecule has 0 saturated heterocycles. The smallest absolute Gasteiger partial charge is 0.488 e. The van der Waals surface area contributed by atoms with Gasteiger partial charge in [-0.15, -0.1) is 25.6 Å². The predicted octanol–water partition coefficient (Wildman–Crippen LogP) is 5.71. The zero-order valence-corrected chi connectivity index (χ0v) is 15.6. The summed E-state index contributed by atoms with van der Waals surface area (Å²) in [5, 5.41) is 0. The molecule has 3 rings (SSSR count). The molecule has 0 atom stereocenters. The Balaban J connectivity index is 0.00000280. The van der Waals surface area contributed by atoms with E-state index in [0.29, 0.717) is 30.0 Å². The van der Waals surface area contributed by atoms with Crippen molar-refractivity contribution in [3.05, 3.63) is 83.9 Å². The van der Waals surface area contributed by atoms with Crippen molar-refractivity contribution in [2.75, 3.05) is 0 Å². The van der Waals surface area contributed by atoms with Gasteiger partial charge in [0.15, 0.2) is 0 Å². The van der Waals surface area contributed by atoms with Crippen molar-refractivity contribution in [1.82, 2.24) is 0 Å². The molecule has 0 aliphatic carbocycles. The van der Waals surface area contributed by atoms with Crippen LogP contribution in [0.1, 0.15) is 11.1 Å². The van der Waals surface area contributed by atoms with Crippen LogP contribution in [0.5, 0.6) is 11.5 Å². The van der Waals surface area contributed by atoms with E-state index in [-0.39, 0.29) is 18.2 Å². The monoisotopic (exact) mass is 409 g/mol. The molecule has 0 unspecified atom stereocenters. The molecule has 3 aromatic rings. The van der Waals surface area contributed by atoms with Crippen LogP contribution in [-0.2, 0) is 13.2 Å². The maximum atomic E-state index is 12.5. The van der Waals surface area contributed by atoms with Gasteiger partial charge in [-0.25, -0.2) is 0 Å². The normalized spacial score (nSPS) is 10.9. The molecule has 0 saturated carbocycles. The van der Waals surface area contributed by atoms with E-state index in [2.05, 4.69) is 4.74 Å². The highest BCUT2D eigenvalue weighted by atomic mass is 35.5. The Morgan fingerprint density at radius 2 is 1.57 bits per heavy atom. The third-order valence-electron chi connectivity index (χ3n) is 3.90. The molecule has 3 nitrogen and oxygen atoms in total. The summed E-state index contributed by atoms with van der Waals surface area (Å²) in [5.41, 5.74) is 8.78. The minimum atomic E-state index is -4.74. The van der Waals surface area contributed by atoms with Gasteiger partial charge in [0, 0.05) is 12.1 Å². The summed E-state index contributed by atoms with van der Waals surface area (Å²) in [6.07, 6.45) is -4.74. The van der Waals surface area contributed by atoms with Crippen molar-refractivity contribution in [3.63, 3.8) is 0 Å². The van der Waals surface area contributed by atoms with Crippen molar-refractivity contribution in [2.24, 2.45) is 5.73 Å². The lowest BCUT2D eigenvalue weighted by molar-refractivity contribution is -0.274. The molecule has 0 aromatic heterocycles. The van der Waals surface area contributed by atoms with Gasteiger partial charge in [0.25, 0.3) is 0 Å². The Labute approximate surface area is 167 Å². The number of alkyl halides is 3. The van der Waals surface area contributed by atoms with Gasteiger partial charge in [0.2, 0.25) is 0 Å². The van der Waals surface area contributed by atoms with Crippen molar-refractivity contribution in [2.45, 2.75) is 19.5 Å². The van der Waals surface area contributed by atoms with Crippen LogP contribution in [0.25, 0.3) is 11.1 Å². The summed E-state index contributed by atoms with van der Waals surface area (Å²) < 4.78 is 47.5. The SMILES string of the molecule is Cl.NCc1ccc(-c2cccc(OC(F)(F)F)c2)c(OCc2ccccc2)c1. The summed E-state index contributed by atoms with van der Waals surface area (Å²) >= 11 is 0. The van der Waals surface area contributed by atoms with Gasteiger partial charge in [-0.05, 0) is 34.9 Å². The lowest BCUT2D eigenvalue weighted by atomic mass is 10.0. The van der Waals surface area contributed by atoms with Gasteiger partial charge < -0.3 is 15.2 Å². The molecule has 0 spiro atoms. The number of hydrogen-bond donors (Lipinski definition) is 1. The Hall–Kier alpha value is -2.70. The molecule has 0 bridgehead atoms. The fraction of sp³-hybridized carbons (Fsp3) is 0.143. The van der Waals surface area contributed by atoms with Crippen LogP contribution in [0.15, 0.2) is 72.8 Å². The van der Waals surface area contributed by atoms with Gasteiger partial charge >= 0.3 is 6.36 Å². The van der Waals surface area contributed by atoms with Crippen LogP contribution < -0.4 is 15.2 Å². The van der Waals surface area contributed by atoms with Crippen LogP contribution in [0.3, 0.4) is 0 Å². The van der Waals surface area contributed by atoms with Crippen molar-refractivity contribution in [3.8, 4) is 22.6 Å². The highest BCUT2D eigenvalue weighted by Gasteiger charge is 2.31. The molecule has 0 fully saturated rings. The first-order chi connectivity index (χ1) is 12.9. The van der Waals surface area contributed by atoms with Crippen molar-refractivity contribution >= 4 is 12.4 Å². The lowest BCUT2D eigenvalue weighted by Crippen LogP contribution is -2.17. The van der Waals surface area contributed by atoms with Crippen LogP contribution in [-0.4, -0.2) is 6.36 Å².